The van der Waals surface area contributed by atoms with Gasteiger partial charge < -0.3 is 14.8 Å². The molecule has 1 N–H and O–H groups in total. The number of methoxy groups -OCH3 is 2. The van der Waals surface area contributed by atoms with Gasteiger partial charge in [-0.25, -0.2) is 9.97 Å². The first-order valence-corrected chi connectivity index (χ1v) is 7.00. The molecule has 0 fully saturated rings. The Bertz CT molecular complexity index is 614. The van der Waals surface area contributed by atoms with Gasteiger partial charge >= 0.3 is 0 Å². The molecule has 0 aliphatic rings. The summed E-state index contributed by atoms with van der Waals surface area (Å²) in [7, 11) is 3.25. The number of aromatic nitrogens is 2. The highest BCUT2D eigenvalue weighted by Crippen LogP contribution is 2.31. The van der Waals surface area contributed by atoms with E-state index in [1.807, 2.05) is 31.2 Å². The Morgan fingerprint density at radius 3 is 2.48 bits per heavy atom. The van der Waals surface area contributed by atoms with E-state index in [9.17, 15) is 0 Å². The highest BCUT2D eigenvalue weighted by molar-refractivity contribution is 5.65. The molecule has 0 aliphatic carbocycles. The molecule has 5 nitrogen and oxygen atoms in total. The van der Waals surface area contributed by atoms with Crippen LogP contribution in [0, 0.1) is 6.92 Å². The Hall–Kier alpha value is -2.30. The molecule has 1 aromatic heterocycles. The number of nitrogens with one attached hydrogen (secondary N) is 1. The number of anilines is 1. The van der Waals surface area contributed by atoms with Crippen molar-refractivity contribution in [2.45, 2.75) is 20.3 Å². The molecular weight excluding hydrogens is 266 g/mol. The average Bonchev–Trinajstić information content (AvgIpc) is 2.51. The molecule has 2 rings (SSSR count). The summed E-state index contributed by atoms with van der Waals surface area (Å²) < 4.78 is 10.6. The van der Waals surface area contributed by atoms with Gasteiger partial charge in [0.15, 0.2) is 11.5 Å². The van der Waals surface area contributed by atoms with E-state index in [4.69, 9.17) is 9.47 Å². The summed E-state index contributed by atoms with van der Waals surface area (Å²) in [6.45, 7) is 4.93. The molecule has 0 atom stereocenters. The largest absolute Gasteiger partial charge is 0.493 e. The van der Waals surface area contributed by atoms with Crippen LogP contribution in [-0.2, 0) is 0 Å². The number of benzene rings is 1. The van der Waals surface area contributed by atoms with Crippen molar-refractivity contribution in [1.82, 2.24) is 9.97 Å². The Morgan fingerprint density at radius 2 is 1.81 bits per heavy atom. The molecule has 0 radical (unpaired) electrons. The van der Waals surface area contributed by atoms with Crippen LogP contribution in [0.25, 0.3) is 11.3 Å². The van der Waals surface area contributed by atoms with Crippen molar-refractivity contribution in [2.75, 3.05) is 26.1 Å². The Labute approximate surface area is 125 Å². The van der Waals surface area contributed by atoms with Crippen LogP contribution in [0.5, 0.6) is 11.5 Å². The molecule has 5 heteroatoms. The second-order valence-corrected chi connectivity index (χ2v) is 4.71. The Morgan fingerprint density at radius 1 is 1.05 bits per heavy atom. The monoisotopic (exact) mass is 287 g/mol. The second-order valence-electron chi connectivity index (χ2n) is 4.71. The smallest absolute Gasteiger partial charge is 0.223 e. The van der Waals surface area contributed by atoms with Gasteiger partial charge in [-0.1, -0.05) is 6.92 Å². The number of hydrogen-bond donors (Lipinski definition) is 1. The predicted octanol–water partition coefficient (Wildman–Crippen LogP) is 3.29. The maximum absolute atomic E-state index is 5.34. The van der Waals surface area contributed by atoms with Crippen LogP contribution >= 0.6 is 0 Å². The average molecular weight is 287 g/mol. The number of nitrogens with zero attached hydrogens (tertiary/aromatic N) is 2. The van der Waals surface area contributed by atoms with Gasteiger partial charge in [0.05, 0.1) is 19.9 Å². The van der Waals surface area contributed by atoms with E-state index >= 15 is 0 Å². The standard InChI is InChI=1S/C16H21N3O2/c1-5-8-17-16-18-11(2)9-13(19-16)12-6-7-14(20-3)15(10-12)21-4/h6-7,9-10H,5,8H2,1-4H3,(H,17,18,19). The lowest BCUT2D eigenvalue weighted by atomic mass is 10.1. The minimum atomic E-state index is 0.654. The fourth-order valence-electron chi connectivity index (χ4n) is 2.03. The zero-order valence-electron chi connectivity index (χ0n) is 12.9. The van der Waals surface area contributed by atoms with Crippen LogP contribution in [0.2, 0.25) is 0 Å². The van der Waals surface area contributed by atoms with Gasteiger partial charge in [0.25, 0.3) is 0 Å². The van der Waals surface area contributed by atoms with E-state index in [1.165, 1.54) is 0 Å². The van der Waals surface area contributed by atoms with Gasteiger partial charge in [-0.3, -0.25) is 0 Å². The van der Waals surface area contributed by atoms with E-state index in [1.54, 1.807) is 14.2 Å². The molecule has 0 saturated heterocycles. The van der Waals surface area contributed by atoms with Crippen molar-refractivity contribution in [3.05, 3.63) is 30.0 Å². The van der Waals surface area contributed by atoms with Crippen molar-refractivity contribution < 1.29 is 9.47 Å². The van der Waals surface area contributed by atoms with Crippen LogP contribution in [0.1, 0.15) is 19.0 Å². The molecule has 1 aromatic carbocycles. The topological polar surface area (TPSA) is 56.3 Å². The normalized spacial score (nSPS) is 10.3. The van der Waals surface area contributed by atoms with E-state index in [0.29, 0.717) is 17.4 Å². The lowest BCUT2D eigenvalue weighted by Gasteiger charge is -2.11. The van der Waals surface area contributed by atoms with Crippen LogP contribution in [0.3, 0.4) is 0 Å². The van der Waals surface area contributed by atoms with E-state index in [-0.39, 0.29) is 0 Å². The second kappa shape index (κ2) is 6.92. The number of ether oxygens (including phenoxy) is 2. The van der Waals surface area contributed by atoms with Gasteiger partial charge in [0.2, 0.25) is 5.95 Å². The highest BCUT2D eigenvalue weighted by atomic mass is 16.5. The molecule has 0 saturated carbocycles. The van der Waals surface area contributed by atoms with Crippen LogP contribution in [0.4, 0.5) is 5.95 Å². The SMILES string of the molecule is CCCNc1nc(C)cc(-c2ccc(OC)c(OC)c2)n1. The zero-order chi connectivity index (χ0) is 15.2. The third-order valence-electron chi connectivity index (χ3n) is 3.07. The molecular formula is C16H21N3O2. The van der Waals surface area contributed by atoms with Crippen LogP contribution < -0.4 is 14.8 Å². The first-order chi connectivity index (χ1) is 10.2. The first kappa shape index (κ1) is 15.1. The number of aryl methyl sites for hydroxylation is 1. The third kappa shape index (κ3) is 3.62. The van der Waals surface area contributed by atoms with Crippen molar-refractivity contribution in [3.8, 4) is 22.8 Å². The van der Waals surface area contributed by atoms with E-state index in [0.717, 1.165) is 29.9 Å². The Kier molecular flexibility index (Phi) is 4.98. The van der Waals surface area contributed by atoms with Gasteiger partial charge in [0.1, 0.15) is 0 Å². The van der Waals surface area contributed by atoms with Gasteiger partial charge in [-0.05, 0) is 37.6 Å². The first-order valence-electron chi connectivity index (χ1n) is 7.00. The van der Waals surface area contributed by atoms with Crippen molar-refractivity contribution in [1.29, 1.82) is 0 Å². The van der Waals surface area contributed by atoms with Gasteiger partial charge in [-0.15, -0.1) is 0 Å². The summed E-state index contributed by atoms with van der Waals surface area (Å²) in [5.74, 6) is 2.05. The Balaban J connectivity index is 2.39. The summed E-state index contributed by atoms with van der Waals surface area (Å²) in [5, 5.41) is 3.22. The summed E-state index contributed by atoms with van der Waals surface area (Å²) in [6.07, 6.45) is 1.03. The van der Waals surface area contributed by atoms with E-state index < -0.39 is 0 Å². The number of hydrogen-bond acceptors (Lipinski definition) is 5. The van der Waals surface area contributed by atoms with Gasteiger partial charge in [0, 0.05) is 17.8 Å². The minimum Gasteiger partial charge on any atom is -0.493 e. The number of rotatable bonds is 6. The van der Waals surface area contributed by atoms with Gasteiger partial charge in [-0.2, -0.15) is 0 Å². The quantitative estimate of drug-likeness (QED) is 0.883. The molecule has 0 spiro atoms. The van der Waals surface area contributed by atoms with Crippen molar-refractivity contribution in [2.24, 2.45) is 0 Å². The summed E-state index contributed by atoms with van der Waals surface area (Å²) >= 11 is 0. The molecule has 0 unspecified atom stereocenters. The molecule has 112 valence electrons. The predicted molar refractivity (Wildman–Crippen MR) is 84.1 cm³/mol. The maximum atomic E-state index is 5.34. The maximum Gasteiger partial charge on any atom is 0.223 e. The van der Waals surface area contributed by atoms with Crippen LogP contribution in [0.15, 0.2) is 24.3 Å². The van der Waals surface area contributed by atoms with Crippen molar-refractivity contribution >= 4 is 5.95 Å². The zero-order valence-corrected chi connectivity index (χ0v) is 12.9. The summed E-state index contributed by atoms with van der Waals surface area (Å²) in [6, 6.07) is 7.72. The molecule has 0 aliphatic heterocycles. The van der Waals surface area contributed by atoms with Crippen molar-refractivity contribution in [3.63, 3.8) is 0 Å². The van der Waals surface area contributed by atoms with Crippen LogP contribution in [-0.4, -0.2) is 30.7 Å². The molecule has 0 amide bonds. The minimum absolute atomic E-state index is 0.654. The fraction of sp³-hybridized carbons (Fsp3) is 0.375. The molecule has 2 aromatic rings. The summed E-state index contributed by atoms with van der Waals surface area (Å²) in [4.78, 5) is 8.95. The fourth-order valence-corrected chi connectivity index (χ4v) is 2.03. The third-order valence-corrected chi connectivity index (χ3v) is 3.07. The highest BCUT2D eigenvalue weighted by Gasteiger charge is 2.09. The van der Waals surface area contributed by atoms with E-state index in [2.05, 4.69) is 22.2 Å². The molecule has 1 heterocycles. The molecule has 21 heavy (non-hydrogen) atoms. The lowest BCUT2D eigenvalue weighted by molar-refractivity contribution is 0.355. The molecule has 0 bridgehead atoms. The summed E-state index contributed by atoms with van der Waals surface area (Å²) in [5.41, 5.74) is 2.76. The lowest BCUT2D eigenvalue weighted by Crippen LogP contribution is -2.05.